The van der Waals surface area contributed by atoms with Gasteiger partial charge >= 0.3 is 18.3 Å². The molecule has 0 saturated carbocycles. The van der Waals surface area contributed by atoms with Gasteiger partial charge in [-0.1, -0.05) is 29.8 Å². The van der Waals surface area contributed by atoms with E-state index in [-0.39, 0.29) is 5.56 Å². The standard InChI is InChI=1S/C13H12F6O3/c1-7-3-5-8(6-4-7)9(10(20)21-2)22-11(12(14,15)16)13(17,18)19/h3-6,9,11H,1-2H3. The van der Waals surface area contributed by atoms with Gasteiger partial charge in [-0.2, -0.15) is 26.3 Å². The maximum atomic E-state index is 12.5. The minimum atomic E-state index is -5.71. The molecule has 3 nitrogen and oxygen atoms in total. The highest BCUT2D eigenvalue weighted by Gasteiger charge is 2.59. The van der Waals surface area contributed by atoms with E-state index in [0.717, 1.165) is 7.11 Å². The van der Waals surface area contributed by atoms with Crippen molar-refractivity contribution < 1.29 is 40.6 Å². The number of aryl methyl sites for hydroxylation is 1. The second kappa shape index (κ2) is 6.55. The Bertz CT molecular complexity index is 492. The number of carbonyl (C=O) groups excluding carboxylic acids is 1. The third-order valence-electron chi connectivity index (χ3n) is 2.66. The SMILES string of the molecule is COC(=O)C(OC(C(F)(F)F)C(F)(F)F)c1ccc(C)cc1. The molecule has 22 heavy (non-hydrogen) atoms. The first-order valence-electron chi connectivity index (χ1n) is 5.90. The van der Waals surface area contributed by atoms with Gasteiger partial charge in [0, 0.05) is 0 Å². The Morgan fingerprint density at radius 3 is 1.82 bits per heavy atom. The lowest BCUT2D eigenvalue weighted by atomic mass is 10.1. The summed E-state index contributed by atoms with van der Waals surface area (Å²) in [6.07, 6.45) is -17.7. The topological polar surface area (TPSA) is 35.5 Å². The molecule has 0 aliphatic rings. The van der Waals surface area contributed by atoms with Crippen LogP contribution >= 0.6 is 0 Å². The molecule has 1 rings (SSSR count). The van der Waals surface area contributed by atoms with Gasteiger partial charge in [0.1, 0.15) is 0 Å². The molecule has 1 aromatic carbocycles. The number of benzene rings is 1. The number of ether oxygens (including phenoxy) is 2. The smallest absolute Gasteiger partial charge is 0.423 e. The summed E-state index contributed by atoms with van der Waals surface area (Å²) in [7, 11) is 0.836. The molecule has 1 unspecified atom stereocenters. The summed E-state index contributed by atoms with van der Waals surface area (Å²) in [5, 5.41) is 0. The van der Waals surface area contributed by atoms with Crippen LogP contribution in [0.3, 0.4) is 0 Å². The van der Waals surface area contributed by atoms with Crippen molar-refractivity contribution in [3.63, 3.8) is 0 Å². The first-order chi connectivity index (χ1) is 9.96. The van der Waals surface area contributed by atoms with Crippen LogP contribution < -0.4 is 0 Å². The summed E-state index contributed by atoms with van der Waals surface area (Å²) in [5.41, 5.74) is 0.534. The minimum Gasteiger partial charge on any atom is -0.467 e. The van der Waals surface area contributed by atoms with E-state index in [9.17, 15) is 31.1 Å². The number of carbonyl (C=O) groups is 1. The molecule has 0 N–H and O–H groups in total. The normalized spacial score (nSPS) is 14.0. The Labute approximate surface area is 121 Å². The van der Waals surface area contributed by atoms with Gasteiger partial charge in [-0.15, -0.1) is 0 Å². The third kappa shape index (κ3) is 4.62. The molecule has 0 amide bonds. The average Bonchev–Trinajstić information content (AvgIpc) is 2.37. The monoisotopic (exact) mass is 330 g/mol. The van der Waals surface area contributed by atoms with Crippen molar-refractivity contribution >= 4 is 5.97 Å². The van der Waals surface area contributed by atoms with Crippen LogP contribution in [0.4, 0.5) is 26.3 Å². The van der Waals surface area contributed by atoms with Gasteiger partial charge in [0.25, 0.3) is 6.10 Å². The molecule has 1 atom stereocenters. The molecule has 0 radical (unpaired) electrons. The highest BCUT2D eigenvalue weighted by molar-refractivity contribution is 5.76. The molecule has 0 bridgehead atoms. The van der Waals surface area contributed by atoms with E-state index < -0.39 is 30.5 Å². The molecular weight excluding hydrogens is 318 g/mol. The van der Waals surface area contributed by atoms with E-state index in [4.69, 9.17) is 0 Å². The Balaban J connectivity index is 3.17. The average molecular weight is 330 g/mol. The van der Waals surface area contributed by atoms with Crippen LogP contribution in [0.15, 0.2) is 24.3 Å². The third-order valence-corrected chi connectivity index (χ3v) is 2.66. The van der Waals surface area contributed by atoms with Crippen molar-refractivity contribution in [1.82, 2.24) is 0 Å². The molecule has 0 saturated heterocycles. The van der Waals surface area contributed by atoms with E-state index in [1.54, 1.807) is 6.92 Å². The molecule has 0 heterocycles. The predicted octanol–water partition coefficient (Wildman–Crippen LogP) is 3.72. The second-order valence-corrected chi connectivity index (χ2v) is 4.41. The lowest BCUT2D eigenvalue weighted by Crippen LogP contribution is -2.46. The zero-order valence-corrected chi connectivity index (χ0v) is 11.5. The molecule has 0 spiro atoms. The Morgan fingerprint density at radius 2 is 1.45 bits per heavy atom. The Hall–Kier alpha value is -1.77. The van der Waals surface area contributed by atoms with E-state index in [1.165, 1.54) is 24.3 Å². The van der Waals surface area contributed by atoms with E-state index >= 15 is 0 Å². The molecule has 0 aliphatic carbocycles. The number of esters is 1. The number of methoxy groups -OCH3 is 1. The van der Waals surface area contributed by atoms with Gasteiger partial charge in [0.05, 0.1) is 7.11 Å². The van der Waals surface area contributed by atoms with Gasteiger partial charge < -0.3 is 9.47 Å². The van der Waals surface area contributed by atoms with Gasteiger partial charge in [-0.3, -0.25) is 0 Å². The van der Waals surface area contributed by atoms with Crippen LogP contribution in [0.2, 0.25) is 0 Å². The molecule has 0 fully saturated rings. The van der Waals surface area contributed by atoms with Crippen molar-refractivity contribution in [2.24, 2.45) is 0 Å². The van der Waals surface area contributed by atoms with Crippen LogP contribution in [0.5, 0.6) is 0 Å². The van der Waals surface area contributed by atoms with Crippen molar-refractivity contribution in [2.45, 2.75) is 31.5 Å². The van der Waals surface area contributed by atoms with Crippen LogP contribution in [0, 0.1) is 6.92 Å². The first-order valence-corrected chi connectivity index (χ1v) is 5.90. The summed E-state index contributed by atoms with van der Waals surface area (Å²) in [4.78, 5) is 11.5. The largest absolute Gasteiger partial charge is 0.467 e. The van der Waals surface area contributed by atoms with Gasteiger partial charge in [-0.25, -0.2) is 4.79 Å². The Kier molecular flexibility index (Phi) is 5.44. The zero-order valence-electron chi connectivity index (χ0n) is 11.5. The molecule has 124 valence electrons. The van der Waals surface area contributed by atoms with Gasteiger partial charge in [-0.05, 0) is 12.5 Å². The fourth-order valence-electron chi connectivity index (χ4n) is 1.59. The molecule has 9 heteroatoms. The van der Waals surface area contributed by atoms with Crippen molar-refractivity contribution in [3.05, 3.63) is 35.4 Å². The van der Waals surface area contributed by atoms with E-state index in [2.05, 4.69) is 9.47 Å². The quantitative estimate of drug-likeness (QED) is 0.623. The van der Waals surface area contributed by atoms with Crippen molar-refractivity contribution in [2.75, 3.05) is 7.11 Å². The van der Waals surface area contributed by atoms with Crippen molar-refractivity contribution in [3.8, 4) is 0 Å². The van der Waals surface area contributed by atoms with E-state index in [0.29, 0.717) is 5.56 Å². The maximum absolute atomic E-state index is 12.5. The van der Waals surface area contributed by atoms with Crippen molar-refractivity contribution in [1.29, 1.82) is 0 Å². The van der Waals surface area contributed by atoms with Crippen LogP contribution in [-0.2, 0) is 14.3 Å². The molecule has 0 aliphatic heterocycles. The fourth-order valence-corrected chi connectivity index (χ4v) is 1.59. The minimum absolute atomic E-state index is 0.170. The van der Waals surface area contributed by atoms with Crippen LogP contribution in [0.1, 0.15) is 17.2 Å². The highest BCUT2D eigenvalue weighted by Crippen LogP contribution is 2.39. The number of halogens is 6. The lowest BCUT2D eigenvalue weighted by Gasteiger charge is -2.27. The zero-order chi connectivity index (χ0) is 17.1. The van der Waals surface area contributed by atoms with Gasteiger partial charge in [0.15, 0.2) is 6.10 Å². The fraction of sp³-hybridized carbons (Fsp3) is 0.462. The highest BCUT2D eigenvalue weighted by atomic mass is 19.4. The summed E-state index contributed by atoms with van der Waals surface area (Å²) >= 11 is 0. The summed E-state index contributed by atoms with van der Waals surface area (Å²) < 4.78 is 83.4. The molecule has 0 aromatic heterocycles. The molecule has 1 aromatic rings. The summed E-state index contributed by atoms with van der Waals surface area (Å²) in [5.74, 6) is -1.36. The number of rotatable bonds is 4. The Morgan fingerprint density at radius 1 is 1.00 bits per heavy atom. The maximum Gasteiger partial charge on any atom is 0.423 e. The summed E-state index contributed by atoms with van der Waals surface area (Å²) in [6.45, 7) is 1.66. The van der Waals surface area contributed by atoms with E-state index in [1.807, 2.05) is 0 Å². The lowest BCUT2D eigenvalue weighted by molar-refractivity contribution is -0.330. The number of hydrogen-bond donors (Lipinski definition) is 0. The first kappa shape index (κ1) is 18.3. The second-order valence-electron chi connectivity index (χ2n) is 4.41. The summed E-state index contributed by atoms with van der Waals surface area (Å²) in [6, 6.07) is 5.23. The predicted molar refractivity (Wildman–Crippen MR) is 62.9 cm³/mol. The number of alkyl halides is 6. The molecular formula is C13H12F6O3. The number of hydrogen-bond acceptors (Lipinski definition) is 3. The van der Waals surface area contributed by atoms with Gasteiger partial charge in [0.2, 0.25) is 0 Å². The van der Waals surface area contributed by atoms with Crippen LogP contribution in [-0.4, -0.2) is 31.5 Å². The van der Waals surface area contributed by atoms with Crippen LogP contribution in [0.25, 0.3) is 0 Å².